The molecule has 0 aliphatic carbocycles. The van der Waals surface area contributed by atoms with E-state index in [0.29, 0.717) is 0 Å². The van der Waals surface area contributed by atoms with Crippen molar-refractivity contribution in [3.8, 4) is 0 Å². The van der Waals surface area contributed by atoms with Crippen molar-refractivity contribution in [3.05, 3.63) is 0 Å². The Hall–Kier alpha value is 0.250. The quantitative estimate of drug-likeness (QED) is 0.357. The van der Waals surface area contributed by atoms with Gasteiger partial charge >= 0.3 is 0 Å². The summed E-state index contributed by atoms with van der Waals surface area (Å²) in [4.78, 5) is 2.47. The third-order valence-corrected chi connectivity index (χ3v) is 3.33. The van der Waals surface area contributed by atoms with E-state index in [1.807, 2.05) is 0 Å². The van der Waals surface area contributed by atoms with Gasteiger partial charge < -0.3 is 4.90 Å². The van der Waals surface area contributed by atoms with Crippen molar-refractivity contribution in [1.29, 1.82) is 0 Å². The zero-order valence-corrected chi connectivity index (χ0v) is 12.1. The number of hydrogen-bond donors (Lipinski definition) is 0. The first-order valence-corrected chi connectivity index (χ1v) is 7.59. The van der Waals surface area contributed by atoms with Gasteiger partial charge in [-0.2, -0.15) is 0 Å². The second kappa shape index (κ2) is 13.3. The number of halogens is 1. The molecule has 0 bridgehead atoms. The Morgan fingerprint density at radius 3 is 1.81 bits per heavy atom. The third-order valence-electron chi connectivity index (χ3n) is 3.07. The number of alkyl halides is 1. The van der Waals surface area contributed by atoms with Crippen LogP contribution in [0.2, 0.25) is 0 Å². The summed E-state index contributed by atoms with van der Waals surface area (Å²) < 4.78 is 0. The van der Waals surface area contributed by atoms with E-state index in [0.717, 1.165) is 5.88 Å². The lowest BCUT2D eigenvalue weighted by molar-refractivity contribution is 0.316. The summed E-state index contributed by atoms with van der Waals surface area (Å²) in [5.41, 5.74) is 0. The zero-order chi connectivity index (χ0) is 12.1. The van der Waals surface area contributed by atoms with Gasteiger partial charge in [-0.3, -0.25) is 0 Å². The molecule has 0 atom stereocenters. The second-order valence-electron chi connectivity index (χ2n) is 4.82. The largest absolute Gasteiger partial charge is 0.306 e. The van der Waals surface area contributed by atoms with Crippen LogP contribution < -0.4 is 0 Å². The highest BCUT2D eigenvalue weighted by Gasteiger charge is 1.98. The maximum Gasteiger partial charge on any atom is 0.0223 e. The first kappa shape index (κ1) is 16.2. The summed E-state index contributed by atoms with van der Waals surface area (Å²) in [5, 5.41) is 0. The van der Waals surface area contributed by atoms with Crippen molar-refractivity contribution in [3.63, 3.8) is 0 Å². The molecule has 0 aromatic rings. The van der Waals surface area contributed by atoms with Gasteiger partial charge in [0.15, 0.2) is 0 Å². The lowest BCUT2D eigenvalue weighted by atomic mass is 10.1. The lowest BCUT2D eigenvalue weighted by Crippen LogP contribution is -2.20. The van der Waals surface area contributed by atoms with E-state index in [2.05, 4.69) is 18.9 Å². The topological polar surface area (TPSA) is 3.24 Å². The molecule has 0 amide bonds. The average molecular weight is 248 g/mol. The number of rotatable bonds is 12. The number of unbranched alkanes of at least 4 members (excludes halogenated alkanes) is 7. The maximum absolute atomic E-state index is 5.65. The summed E-state index contributed by atoms with van der Waals surface area (Å²) in [6, 6.07) is 0. The minimum absolute atomic E-state index is 0.821. The molecule has 0 saturated carbocycles. The monoisotopic (exact) mass is 247 g/mol. The van der Waals surface area contributed by atoms with Crippen molar-refractivity contribution >= 4 is 11.6 Å². The van der Waals surface area contributed by atoms with E-state index in [1.54, 1.807) is 0 Å². The van der Waals surface area contributed by atoms with Crippen LogP contribution in [-0.4, -0.2) is 30.9 Å². The van der Waals surface area contributed by atoms with Crippen LogP contribution in [0.25, 0.3) is 0 Å². The molecular weight excluding hydrogens is 218 g/mol. The smallest absolute Gasteiger partial charge is 0.0223 e. The van der Waals surface area contributed by atoms with Crippen LogP contribution in [0.15, 0.2) is 0 Å². The van der Waals surface area contributed by atoms with Crippen molar-refractivity contribution in [2.45, 2.75) is 64.7 Å². The van der Waals surface area contributed by atoms with Crippen molar-refractivity contribution in [2.75, 3.05) is 26.0 Å². The molecule has 0 aromatic carbocycles. The van der Waals surface area contributed by atoms with Crippen LogP contribution in [0.5, 0.6) is 0 Å². The summed E-state index contributed by atoms with van der Waals surface area (Å²) in [6.07, 6.45) is 12.1. The fraction of sp³-hybridized carbons (Fsp3) is 1.00. The van der Waals surface area contributed by atoms with E-state index in [-0.39, 0.29) is 0 Å². The van der Waals surface area contributed by atoms with Crippen LogP contribution >= 0.6 is 11.6 Å². The molecule has 0 rings (SSSR count). The van der Waals surface area contributed by atoms with E-state index in [4.69, 9.17) is 11.6 Å². The van der Waals surface area contributed by atoms with Gasteiger partial charge in [-0.05, 0) is 39.4 Å². The Morgan fingerprint density at radius 1 is 0.750 bits per heavy atom. The van der Waals surface area contributed by atoms with E-state index in [9.17, 15) is 0 Å². The van der Waals surface area contributed by atoms with E-state index < -0.39 is 0 Å². The molecule has 0 radical (unpaired) electrons. The summed E-state index contributed by atoms with van der Waals surface area (Å²) in [7, 11) is 2.24. The van der Waals surface area contributed by atoms with Gasteiger partial charge in [0.25, 0.3) is 0 Å². The lowest BCUT2D eigenvalue weighted by Gasteiger charge is -2.16. The first-order valence-electron chi connectivity index (χ1n) is 7.05. The summed E-state index contributed by atoms with van der Waals surface area (Å²) in [5.74, 6) is 0.821. The molecule has 0 N–H and O–H groups in total. The summed E-state index contributed by atoms with van der Waals surface area (Å²) >= 11 is 5.65. The molecule has 0 saturated heterocycles. The van der Waals surface area contributed by atoms with E-state index >= 15 is 0 Å². The SMILES string of the molecule is CCCCCCCCN(C)CCCCCCl. The number of nitrogens with zero attached hydrogens (tertiary/aromatic N) is 1. The molecule has 1 nitrogen and oxygen atoms in total. The van der Waals surface area contributed by atoms with Gasteiger partial charge in [-0.25, -0.2) is 0 Å². The maximum atomic E-state index is 5.65. The molecule has 0 unspecified atom stereocenters. The van der Waals surface area contributed by atoms with E-state index in [1.165, 1.54) is 70.9 Å². The van der Waals surface area contributed by atoms with Gasteiger partial charge in [0.1, 0.15) is 0 Å². The minimum atomic E-state index is 0.821. The average Bonchev–Trinajstić information content (AvgIpc) is 2.29. The fourth-order valence-corrected chi connectivity index (χ4v) is 2.12. The number of hydrogen-bond acceptors (Lipinski definition) is 1. The van der Waals surface area contributed by atoms with Crippen LogP contribution in [0, 0.1) is 0 Å². The fourth-order valence-electron chi connectivity index (χ4n) is 1.93. The predicted molar refractivity (Wildman–Crippen MR) is 75.4 cm³/mol. The van der Waals surface area contributed by atoms with Gasteiger partial charge in [-0.15, -0.1) is 11.6 Å². The second-order valence-corrected chi connectivity index (χ2v) is 5.20. The molecule has 16 heavy (non-hydrogen) atoms. The predicted octanol–water partition coefficient (Wildman–Crippen LogP) is 4.69. The Bertz CT molecular complexity index is 128. The third kappa shape index (κ3) is 12.3. The Labute approximate surface area is 108 Å². The van der Waals surface area contributed by atoms with Crippen LogP contribution in [0.3, 0.4) is 0 Å². The van der Waals surface area contributed by atoms with Crippen molar-refractivity contribution in [1.82, 2.24) is 4.90 Å². The normalized spacial score (nSPS) is 11.2. The molecule has 98 valence electrons. The highest BCUT2D eigenvalue weighted by atomic mass is 35.5. The Morgan fingerprint density at radius 2 is 1.25 bits per heavy atom. The highest BCUT2D eigenvalue weighted by Crippen LogP contribution is 2.06. The van der Waals surface area contributed by atoms with Gasteiger partial charge in [-0.1, -0.05) is 45.4 Å². The Balaban J connectivity index is 3.08. The Kier molecular flexibility index (Phi) is 13.5. The van der Waals surface area contributed by atoms with Gasteiger partial charge in [0.05, 0.1) is 0 Å². The molecule has 0 aliphatic rings. The first-order chi connectivity index (χ1) is 7.81. The van der Waals surface area contributed by atoms with Gasteiger partial charge in [0.2, 0.25) is 0 Å². The molecule has 2 heteroatoms. The van der Waals surface area contributed by atoms with Crippen molar-refractivity contribution in [2.24, 2.45) is 0 Å². The molecule has 0 fully saturated rings. The highest BCUT2D eigenvalue weighted by molar-refractivity contribution is 6.17. The molecule has 0 aromatic heterocycles. The molecule has 0 spiro atoms. The zero-order valence-electron chi connectivity index (χ0n) is 11.3. The van der Waals surface area contributed by atoms with Crippen LogP contribution in [0.1, 0.15) is 64.7 Å². The van der Waals surface area contributed by atoms with Crippen LogP contribution in [-0.2, 0) is 0 Å². The minimum Gasteiger partial charge on any atom is -0.306 e. The van der Waals surface area contributed by atoms with Gasteiger partial charge in [0, 0.05) is 5.88 Å². The van der Waals surface area contributed by atoms with Crippen LogP contribution in [0.4, 0.5) is 0 Å². The molecule has 0 aliphatic heterocycles. The molecule has 0 heterocycles. The van der Waals surface area contributed by atoms with Crippen molar-refractivity contribution < 1.29 is 0 Å². The molecular formula is C14H30ClN. The summed E-state index contributed by atoms with van der Waals surface area (Å²) in [6.45, 7) is 4.79. The standard InChI is InChI=1S/C14H30ClN/c1-3-4-5-6-7-10-13-16(2)14-11-8-9-12-15/h3-14H2,1-2H3.